The number of hydrogen-bond donors (Lipinski definition) is 1. The molecule has 3 aromatic carbocycles. The predicted molar refractivity (Wildman–Crippen MR) is 220 cm³/mol. The lowest BCUT2D eigenvalue weighted by Gasteiger charge is -2.62. The molecule has 4 unspecified atom stereocenters. The van der Waals surface area contributed by atoms with Gasteiger partial charge < -0.3 is 66.7 Å². The van der Waals surface area contributed by atoms with Gasteiger partial charge in [0.05, 0.1) is 26.4 Å². The molecule has 0 radical (unpaired) electrons. The smallest absolute Gasteiger partial charge is 0.220 e. The van der Waals surface area contributed by atoms with Crippen molar-refractivity contribution in [1.29, 1.82) is 0 Å². The van der Waals surface area contributed by atoms with Gasteiger partial charge in [-0.15, -0.1) is 0 Å². The highest BCUT2D eigenvalue weighted by Gasteiger charge is 2.70. The molecule has 62 heavy (non-hydrogen) atoms. The van der Waals surface area contributed by atoms with Crippen LogP contribution in [0.1, 0.15) is 44.4 Å². The Hall–Kier alpha value is -3.59. The first-order chi connectivity index (χ1) is 29.8. The highest BCUT2D eigenvalue weighted by Crippen LogP contribution is 2.51. The Bertz CT molecular complexity index is 1930. The lowest BCUT2D eigenvalue weighted by Crippen LogP contribution is -2.80. The Morgan fingerprint density at radius 3 is 1.47 bits per heavy atom. The van der Waals surface area contributed by atoms with Crippen LogP contribution in [0, 0.1) is 0 Å². The third kappa shape index (κ3) is 9.17. The van der Waals surface area contributed by atoms with E-state index >= 15 is 0 Å². The van der Waals surface area contributed by atoms with E-state index in [1.54, 1.807) is 27.7 Å². The molecule has 0 amide bonds. The van der Waals surface area contributed by atoms with Crippen LogP contribution in [0.5, 0.6) is 0 Å². The molecular weight excluding hydrogens is 807 g/mol. The number of azide groups is 1. The van der Waals surface area contributed by atoms with Gasteiger partial charge in [0.25, 0.3) is 0 Å². The highest BCUT2D eigenvalue weighted by atomic mass is 16.8. The first kappa shape index (κ1) is 46.4. The largest absolute Gasteiger partial charge is 0.387 e. The predicted octanol–water partition coefficient (Wildman–Crippen LogP) is 5.56. The van der Waals surface area contributed by atoms with Crippen LogP contribution in [0.15, 0.2) is 96.1 Å². The summed E-state index contributed by atoms with van der Waals surface area (Å²) in [5.41, 5.74) is 12.9. The molecule has 0 spiro atoms. The number of ether oxygens (including phenoxy) is 13. The molecule has 17 nitrogen and oxygen atoms in total. The topological polar surface area (TPSA) is 189 Å². The zero-order valence-corrected chi connectivity index (χ0v) is 36.4. The van der Waals surface area contributed by atoms with Crippen LogP contribution in [-0.2, 0) is 81.4 Å². The molecule has 3 saturated heterocycles. The molecular formula is C45H59N3O14. The van der Waals surface area contributed by atoms with Crippen LogP contribution in [0.2, 0.25) is 0 Å². The third-order valence-corrected chi connectivity index (χ3v) is 12.7. The van der Waals surface area contributed by atoms with Crippen LogP contribution in [0.25, 0.3) is 10.4 Å². The van der Waals surface area contributed by atoms with Gasteiger partial charge in [-0.05, 0) is 49.9 Å². The molecule has 7 rings (SSSR count). The Kier molecular flexibility index (Phi) is 14.7. The third-order valence-electron chi connectivity index (χ3n) is 12.7. The van der Waals surface area contributed by atoms with E-state index < -0.39 is 90.4 Å². The molecule has 17 heteroatoms. The zero-order valence-electron chi connectivity index (χ0n) is 36.4. The van der Waals surface area contributed by atoms with Crippen molar-refractivity contribution in [3.63, 3.8) is 0 Å². The number of benzene rings is 3. The minimum Gasteiger partial charge on any atom is -0.387 e. The summed E-state index contributed by atoms with van der Waals surface area (Å²) in [6.07, 6.45) is -11.1. The fraction of sp³-hybridized carbons (Fsp3) is 0.600. The van der Waals surface area contributed by atoms with Gasteiger partial charge in [-0.1, -0.05) is 96.1 Å². The monoisotopic (exact) mass is 865 g/mol. The van der Waals surface area contributed by atoms with Gasteiger partial charge in [-0.25, -0.2) is 0 Å². The van der Waals surface area contributed by atoms with Crippen molar-refractivity contribution in [2.75, 3.05) is 35.0 Å². The maximum Gasteiger partial charge on any atom is 0.220 e. The van der Waals surface area contributed by atoms with Crippen LogP contribution < -0.4 is 0 Å². The first-order valence-electron chi connectivity index (χ1n) is 20.7. The lowest BCUT2D eigenvalue weighted by molar-refractivity contribution is -0.513. The molecule has 1 N–H and O–H groups in total. The van der Waals surface area contributed by atoms with E-state index in [1.807, 2.05) is 91.0 Å². The fourth-order valence-electron chi connectivity index (χ4n) is 8.50. The van der Waals surface area contributed by atoms with Crippen molar-refractivity contribution in [3.8, 4) is 0 Å². The minimum atomic E-state index is -1.54. The van der Waals surface area contributed by atoms with Crippen molar-refractivity contribution in [2.24, 2.45) is 5.11 Å². The quantitative estimate of drug-likeness (QED) is 0.101. The standard InChI is InChI=1S/C45H59N3O14/c1-42(50-5)43(2,51-6)61-39-37(59-42)33(49)36(38-40(39)62-45(4,53-8)44(3,52-7)60-38)58-41-32(47-48-46)35(56-26-30-22-16-11-17-23-30)34(55-25-29-20-14-10-15-21-29)31(57-41)27-54-24-28-18-12-9-13-19-28/h9-23,31-41,49H,24-27H2,1-8H3/t31-,32-,33+,34-,35-,36+,37+,38+,39-,40-,41+,42?,43?,44?,45?/m1/s1. The summed E-state index contributed by atoms with van der Waals surface area (Å²) >= 11 is 0. The molecule has 1 saturated carbocycles. The molecule has 1 aliphatic carbocycles. The molecule has 3 aliphatic heterocycles. The van der Waals surface area contributed by atoms with Gasteiger partial charge in [0.1, 0.15) is 61.0 Å². The molecule has 3 aromatic rings. The van der Waals surface area contributed by atoms with E-state index in [0.29, 0.717) is 0 Å². The van der Waals surface area contributed by atoms with Crippen LogP contribution in [0.4, 0.5) is 0 Å². The van der Waals surface area contributed by atoms with E-state index in [9.17, 15) is 10.6 Å². The van der Waals surface area contributed by atoms with E-state index in [1.165, 1.54) is 28.4 Å². The Labute approximate surface area is 362 Å². The van der Waals surface area contributed by atoms with E-state index in [4.69, 9.17) is 61.6 Å². The molecule has 15 atom stereocenters. The molecule has 0 aromatic heterocycles. The molecule has 4 fully saturated rings. The van der Waals surface area contributed by atoms with Crippen molar-refractivity contribution in [3.05, 3.63) is 118 Å². The number of fused-ring (bicyclic) bond motifs is 3. The average molecular weight is 866 g/mol. The van der Waals surface area contributed by atoms with E-state index in [2.05, 4.69) is 10.0 Å². The molecule has 338 valence electrons. The lowest BCUT2D eigenvalue weighted by atomic mass is 9.80. The van der Waals surface area contributed by atoms with Crippen molar-refractivity contribution >= 4 is 0 Å². The second-order valence-corrected chi connectivity index (χ2v) is 16.3. The molecule has 3 heterocycles. The summed E-state index contributed by atoms with van der Waals surface area (Å²) < 4.78 is 83.6. The van der Waals surface area contributed by atoms with Gasteiger partial charge in [-0.3, -0.25) is 0 Å². The van der Waals surface area contributed by atoms with E-state index in [-0.39, 0.29) is 26.4 Å². The Morgan fingerprint density at radius 1 is 0.581 bits per heavy atom. The molecule has 0 bridgehead atoms. The molecule has 4 aliphatic rings. The summed E-state index contributed by atoms with van der Waals surface area (Å²) in [5, 5.41) is 16.7. The maximum atomic E-state index is 12.5. The van der Waals surface area contributed by atoms with Gasteiger partial charge in [0, 0.05) is 33.4 Å². The van der Waals surface area contributed by atoms with Gasteiger partial charge in [-0.2, -0.15) is 0 Å². The Balaban J connectivity index is 1.27. The van der Waals surface area contributed by atoms with Crippen molar-refractivity contribution < 1.29 is 66.7 Å². The summed E-state index contributed by atoms with van der Waals surface area (Å²) in [6, 6.07) is 27.8. The SMILES string of the molecule is COC1(C)O[C@@H]2[C@@H](OC1(C)OC)[C@@H](O[C@@H]1O[C@H](COCc3ccccc3)[C@@H](OCc3ccccc3)[C@H](OCc3ccccc3)[C@H]1N=[N+]=[N-])[C@H](O)[C@@H]1OC(C)(OC)C(C)(OC)O[C@@H]21. The summed E-state index contributed by atoms with van der Waals surface area (Å²) in [5.74, 6) is -6.02. The number of aliphatic hydroxyl groups is 1. The van der Waals surface area contributed by atoms with Crippen LogP contribution in [0.3, 0.4) is 0 Å². The number of methoxy groups -OCH3 is 4. The second-order valence-electron chi connectivity index (χ2n) is 16.3. The number of rotatable bonds is 17. The maximum absolute atomic E-state index is 12.5. The van der Waals surface area contributed by atoms with Crippen molar-refractivity contribution in [2.45, 2.75) is 138 Å². The fourth-order valence-corrected chi connectivity index (χ4v) is 8.50. The van der Waals surface area contributed by atoms with Gasteiger partial charge in [0.15, 0.2) is 6.29 Å². The summed E-state index contributed by atoms with van der Waals surface area (Å²) in [4.78, 5) is 3.24. The van der Waals surface area contributed by atoms with Gasteiger partial charge in [0.2, 0.25) is 23.1 Å². The number of nitrogens with zero attached hydrogens (tertiary/aromatic N) is 3. The highest BCUT2D eigenvalue weighted by molar-refractivity contribution is 5.16. The zero-order chi connectivity index (χ0) is 44.1. The Morgan fingerprint density at radius 2 is 1.00 bits per heavy atom. The van der Waals surface area contributed by atoms with Gasteiger partial charge >= 0.3 is 0 Å². The van der Waals surface area contributed by atoms with Crippen LogP contribution >= 0.6 is 0 Å². The normalized spacial score (nSPS) is 39.3. The number of hydrogen-bond acceptors (Lipinski definition) is 15. The number of aliphatic hydroxyl groups excluding tert-OH is 1. The van der Waals surface area contributed by atoms with E-state index in [0.717, 1.165) is 16.7 Å². The van der Waals surface area contributed by atoms with Crippen molar-refractivity contribution in [1.82, 2.24) is 0 Å². The second kappa shape index (κ2) is 19.7. The van der Waals surface area contributed by atoms with Crippen LogP contribution in [-0.4, -0.2) is 131 Å². The average Bonchev–Trinajstić information content (AvgIpc) is 3.29. The minimum absolute atomic E-state index is 0.0265. The summed E-state index contributed by atoms with van der Waals surface area (Å²) in [6.45, 7) is 7.27. The summed E-state index contributed by atoms with van der Waals surface area (Å²) in [7, 11) is 5.84. The first-order valence-corrected chi connectivity index (χ1v) is 20.7.